The first-order chi connectivity index (χ1) is 30.8. The molecule has 13 aromatic rings. The summed E-state index contributed by atoms with van der Waals surface area (Å²) < 4.78 is 15.6. The molecular weight excluding hydrogens is 757 g/mol. The summed E-state index contributed by atoms with van der Waals surface area (Å²) in [5, 5.41) is 9.26. The highest BCUT2D eigenvalue weighted by Gasteiger charge is 2.24. The molecule has 0 saturated heterocycles. The van der Waals surface area contributed by atoms with E-state index in [0.717, 1.165) is 105 Å². The van der Waals surface area contributed by atoms with Crippen molar-refractivity contribution < 1.29 is 8.83 Å². The van der Waals surface area contributed by atoms with Crippen LogP contribution < -0.4 is 4.90 Å². The molecule has 0 spiro atoms. The van der Waals surface area contributed by atoms with Gasteiger partial charge in [-0.25, -0.2) is 0 Å². The molecule has 13 rings (SSSR count). The first-order valence-corrected chi connectivity index (χ1v) is 21.1. The van der Waals surface area contributed by atoms with Crippen molar-refractivity contribution in [2.75, 3.05) is 4.90 Å². The lowest BCUT2D eigenvalue weighted by molar-refractivity contribution is 0.669. The maximum atomic E-state index is 6.86. The molecule has 4 heteroatoms. The Hall–Kier alpha value is -8.34. The zero-order valence-electron chi connectivity index (χ0n) is 33.5. The number of hydrogen-bond donors (Lipinski definition) is 0. The van der Waals surface area contributed by atoms with Crippen molar-refractivity contribution in [3.63, 3.8) is 0 Å². The monoisotopic (exact) mass is 792 g/mol. The Kier molecular flexibility index (Phi) is 7.57. The van der Waals surface area contributed by atoms with Crippen molar-refractivity contribution >= 4 is 93.5 Å². The van der Waals surface area contributed by atoms with Crippen LogP contribution >= 0.6 is 0 Å². The van der Waals surface area contributed by atoms with E-state index in [1.165, 1.54) is 16.2 Å². The van der Waals surface area contributed by atoms with Gasteiger partial charge in [0.05, 0.1) is 28.1 Å². The first-order valence-electron chi connectivity index (χ1n) is 21.1. The lowest BCUT2D eigenvalue weighted by atomic mass is 9.97. The van der Waals surface area contributed by atoms with Gasteiger partial charge in [0.25, 0.3) is 0 Å². The normalized spacial score (nSPS) is 11.9. The summed E-state index contributed by atoms with van der Waals surface area (Å²) in [5.41, 5.74) is 14.4. The molecule has 0 bridgehead atoms. The van der Waals surface area contributed by atoms with Crippen molar-refractivity contribution in [3.8, 4) is 27.9 Å². The summed E-state index contributed by atoms with van der Waals surface area (Å²) in [7, 11) is 0. The molecule has 0 atom stereocenters. The highest BCUT2D eigenvalue weighted by molar-refractivity contribution is 6.15. The number of fused-ring (bicyclic) bond motifs is 10. The second-order valence-corrected chi connectivity index (χ2v) is 16.0. The molecule has 0 aliphatic rings. The predicted molar refractivity (Wildman–Crippen MR) is 258 cm³/mol. The summed E-state index contributed by atoms with van der Waals surface area (Å²) in [6.07, 6.45) is 0. The fourth-order valence-electron chi connectivity index (χ4n) is 9.83. The van der Waals surface area contributed by atoms with E-state index in [1.807, 2.05) is 12.1 Å². The minimum atomic E-state index is 0.872. The fraction of sp³-hybridized carbons (Fsp3) is 0. The average Bonchev–Trinajstić information content (AvgIpc) is 4.01. The van der Waals surface area contributed by atoms with Gasteiger partial charge in [-0.05, 0) is 88.6 Å². The highest BCUT2D eigenvalue weighted by atomic mass is 16.3. The second kappa shape index (κ2) is 13.6. The zero-order valence-corrected chi connectivity index (χ0v) is 33.5. The predicted octanol–water partition coefficient (Wildman–Crippen LogP) is 16.5. The van der Waals surface area contributed by atoms with E-state index < -0.39 is 0 Å². The molecule has 3 aromatic heterocycles. The minimum absolute atomic E-state index is 0.872. The van der Waals surface area contributed by atoms with Crippen LogP contribution in [0.3, 0.4) is 0 Å². The highest BCUT2D eigenvalue weighted by Crippen LogP contribution is 2.48. The smallest absolute Gasteiger partial charge is 0.143 e. The maximum Gasteiger partial charge on any atom is 0.143 e. The molecule has 0 aliphatic carbocycles. The lowest BCUT2D eigenvalue weighted by Crippen LogP contribution is -2.14. The summed E-state index contributed by atoms with van der Waals surface area (Å²) >= 11 is 0. The largest absolute Gasteiger partial charge is 0.456 e. The number of furan rings is 2. The standard InChI is InChI=1S/C58H36N2O2/c1-2-16-39-36-56-48(35-38(39)15-1)46-23-13-22-45(58(46)62-56)44-19-5-7-24-49(44)59(40-33-31-37(32-34-40)41-21-14-30-55-57(41)47-20-6-12-29-54(47)61-55)52-27-10-11-28-53(52)60-50-25-8-3-17-42(50)43-18-4-9-26-51(43)60/h1-36H. The molecule has 290 valence electrons. The third-order valence-electron chi connectivity index (χ3n) is 12.6. The van der Waals surface area contributed by atoms with Gasteiger partial charge in [-0.2, -0.15) is 0 Å². The van der Waals surface area contributed by atoms with Gasteiger partial charge >= 0.3 is 0 Å². The maximum absolute atomic E-state index is 6.86. The van der Waals surface area contributed by atoms with Crippen molar-refractivity contribution in [2.24, 2.45) is 0 Å². The van der Waals surface area contributed by atoms with Gasteiger partial charge in [0.15, 0.2) is 0 Å². The zero-order chi connectivity index (χ0) is 40.7. The van der Waals surface area contributed by atoms with Crippen molar-refractivity contribution in [1.82, 2.24) is 4.57 Å². The summed E-state index contributed by atoms with van der Waals surface area (Å²) in [6.45, 7) is 0. The number of nitrogens with zero attached hydrogens (tertiary/aromatic N) is 2. The number of para-hydroxylation sites is 7. The Labute approximate surface area is 356 Å². The quantitative estimate of drug-likeness (QED) is 0.168. The Morgan fingerprint density at radius 2 is 0.935 bits per heavy atom. The van der Waals surface area contributed by atoms with Gasteiger partial charge in [-0.1, -0.05) is 152 Å². The number of rotatable bonds is 6. The minimum Gasteiger partial charge on any atom is -0.456 e. The SMILES string of the molecule is c1ccc(N(c2ccc(-c3cccc4oc5ccccc5c34)cc2)c2ccccc2-n2c3ccccc3c3ccccc32)c(-c2cccc3c2oc2cc4ccccc4cc23)c1. The molecule has 10 aromatic carbocycles. The fourth-order valence-corrected chi connectivity index (χ4v) is 9.83. The molecule has 4 nitrogen and oxygen atoms in total. The third kappa shape index (κ3) is 5.20. The Morgan fingerprint density at radius 1 is 0.355 bits per heavy atom. The van der Waals surface area contributed by atoms with E-state index >= 15 is 0 Å². The van der Waals surface area contributed by atoms with E-state index in [-0.39, 0.29) is 0 Å². The van der Waals surface area contributed by atoms with Crippen LogP contribution in [0.15, 0.2) is 227 Å². The Morgan fingerprint density at radius 3 is 1.74 bits per heavy atom. The molecule has 62 heavy (non-hydrogen) atoms. The van der Waals surface area contributed by atoms with Crippen molar-refractivity contribution in [3.05, 3.63) is 218 Å². The Bertz CT molecular complexity index is 3830. The van der Waals surface area contributed by atoms with Crippen LogP contribution in [0.5, 0.6) is 0 Å². The molecular formula is C58H36N2O2. The molecule has 3 heterocycles. The third-order valence-corrected chi connectivity index (χ3v) is 12.6. The molecule has 0 N–H and O–H groups in total. The van der Waals surface area contributed by atoms with E-state index in [4.69, 9.17) is 8.83 Å². The molecule has 0 radical (unpaired) electrons. The first kappa shape index (κ1) is 34.5. The number of benzene rings is 10. The van der Waals surface area contributed by atoms with Gasteiger partial charge in [-0.3, -0.25) is 0 Å². The molecule has 0 amide bonds. The average molecular weight is 793 g/mol. The molecule has 0 fully saturated rings. The second-order valence-electron chi connectivity index (χ2n) is 16.0. The lowest BCUT2D eigenvalue weighted by Gasteiger charge is -2.30. The van der Waals surface area contributed by atoms with Crippen LogP contribution in [0, 0.1) is 0 Å². The summed E-state index contributed by atoms with van der Waals surface area (Å²) in [6, 6.07) is 78.0. The van der Waals surface area contributed by atoms with E-state index in [0.29, 0.717) is 0 Å². The summed E-state index contributed by atoms with van der Waals surface area (Å²) in [4.78, 5) is 2.42. The molecule has 0 unspecified atom stereocenters. The summed E-state index contributed by atoms with van der Waals surface area (Å²) in [5.74, 6) is 0. The Balaban J connectivity index is 1.06. The van der Waals surface area contributed by atoms with Crippen LogP contribution in [0.1, 0.15) is 0 Å². The topological polar surface area (TPSA) is 34.5 Å². The van der Waals surface area contributed by atoms with Gasteiger partial charge in [-0.15, -0.1) is 0 Å². The van der Waals surface area contributed by atoms with E-state index in [9.17, 15) is 0 Å². The van der Waals surface area contributed by atoms with E-state index in [2.05, 4.69) is 216 Å². The van der Waals surface area contributed by atoms with Gasteiger partial charge in [0.2, 0.25) is 0 Å². The van der Waals surface area contributed by atoms with Crippen LogP contribution in [0.2, 0.25) is 0 Å². The van der Waals surface area contributed by atoms with Gasteiger partial charge in [0, 0.05) is 49.1 Å². The van der Waals surface area contributed by atoms with Crippen molar-refractivity contribution in [2.45, 2.75) is 0 Å². The van der Waals surface area contributed by atoms with Gasteiger partial charge < -0.3 is 18.3 Å². The van der Waals surface area contributed by atoms with Crippen LogP contribution in [-0.4, -0.2) is 4.57 Å². The van der Waals surface area contributed by atoms with E-state index in [1.54, 1.807) is 0 Å². The van der Waals surface area contributed by atoms with Crippen LogP contribution in [0.4, 0.5) is 17.1 Å². The van der Waals surface area contributed by atoms with Crippen LogP contribution in [-0.2, 0) is 0 Å². The molecule has 0 saturated carbocycles. The van der Waals surface area contributed by atoms with Crippen molar-refractivity contribution in [1.29, 1.82) is 0 Å². The van der Waals surface area contributed by atoms with Crippen LogP contribution in [0.25, 0.3) is 104 Å². The number of anilines is 3. The van der Waals surface area contributed by atoms with Gasteiger partial charge in [0.1, 0.15) is 22.3 Å². The number of hydrogen-bond acceptors (Lipinski definition) is 3. The number of aromatic nitrogens is 1. The molecule has 0 aliphatic heterocycles.